The molecule has 1 amide bonds. The highest BCUT2D eigenvalue weighted by Gasteiger charge is 2.17. The van der Waals surface area contributed by atoms with E-state index < -0.39 is 0 Å². The zero-order chi connectivity index (χ0) is 15.5. The lowest BCUT2D eigenvalue weighted by atomic mass is 10.2. The highest BCUT2D eigenvalue weighted by molar-refractivity contribution is 6.32. The molecule has 0 unspecified atom stereocenters. The van der Waals surface area contributed by atoms with Gasteiger partial charge in [-0.15, -0.1) is 0 Å². The standard InChI is InChI=1S/C15H15ClN2O4/c16-12-3-9(4-13-14(12)21-2-1-20-13)7-18-15(19)10-5-11(6-17)22-8-10/h3-5,8H,1-2,6-7,17H2,(H,18,19). The zero-order valence-corrected chi connectivity index (χ0v) is 12.5. The van der Waals surface area contributed by atoms with Crippen molar-refractivity contribution in [1.29, 1.82) is 0 Å². The minimum absolute atomic E-state index is 0.241. The predicted molar refractivity (Wildman–Crippen MR) is 80.2 cm³/mol. The van der Waals surface area contributed by atoms with Crippen LogP contribution in [0.1, 0.15) is 21.7 Å². The number of furan rings is 1. The number of hydrogen-bond acceptors (Lipinski definition) is 5. The van der Waals surface area contributed by atoms with Crippen molar-refractivity contribution in [3.05, 3.63) is 46.4 Å². The summed E-state index contributed by atoms with van der Waals surface area (Å²) >= 11 is 6.16. The van der Waals surface area contributed by atoms with E-state index in [0.717, 1.165) is 5.56 Å². The van der Waals surface area contributed by atoms with E-state index in [1.54, 1.807) is 18.2 Å². The number of benzene rings is 1. The second-order valence-electron chi connectivity index (χ2n) is 4.79. The quantitative estimate of drug-likeness (QED) is 0.900. The fraction of sp³-hybridized carbons (Fsp3) is 0.267. The smallest absolute Gasteiger partial charge is 0.254 e. The third-order valence-electron chi connectivity index (χ3n) is 3.23. The molecule has 6 nitrogen and oxygen atoms in total. The Morgan fingerprint density at radius 2 is 2.09 bits per heavy atom. The Morgan fingerprint density at radius 3 is 2.86 bits per heavy atom. The van der Waals surface area contributed by atoms with Gasteiger partial charge in [-0.3, -0.25) is 4.79 Å². The summed E-state index contributed by atoms with van der Waals surface area (Å²) in [5, 5.41) is 3.26. The molecular weight excluding hydrogens is 308 g/mol. The molecule has 0 saturated heterocycles. The summed E-state index contributed by atoms with van der Waals surface area (Å²) in [6.07, 6.45) is 1.38. The monoisotopic (exact) mass is 322 g/mol. The molecule has 0 spiro atoms. The molecule has 0 fully saturated rings. The zero-order valence-electron chi connectivity index (χ0n) is 11.7. The van der Waals surface area contributed by atoms with E-state index in [4.69, 9.17) is 31.2 Å². The number of nitrogens with one attached hydrogen (secondary N) is 1. The number of carbonyl (C=O) groups excluding carboxylic acids is 1. The van der Waals surface area contributed by atoms with Gasteiger partial charge in [0.1, 0.15) is 25.2 Å². The van der Waals surface area contributed by atoms with Crippen LogP contribution in [-0.4, -0.2) is 19.1 Å². The second-order valence-corrected chi connectivity index (χ2v) is 5.20. The SMILES string of the molecule is NCc1cc(C(=O)NCc2cc(Cl)c3c(c2)OCCO3)co1. The number of nitrogens with two attached hydrogens (primary N) is 1. The van der Waals surface area contributed by atoms with Crippen LogP contribution in [-0.2, 0) is 13.1 Å². The van der Waals surface area contributed by atoms with Crippen molar-refractivity contribution in [3.8, 4) is 11.5 Å². The molecule has 0 radical (unpaired) electrons. The summed E-state index contributed by atoms with van der Waals surface area (Å²) in [5.74, 6) is 1.46. The summed E-state index contributed by atoms with van der Waals surface area (Å²) in [7, 11) is 0. The average molecular weight is 323 g/mol. The Labute approximate surface area is 132 Å². The number of halogens is 1. The number of amides is 1. The fourth-order valence-corrected chi connectivity index (χ4v) is 2.45. The van der Waals surface area contributed by atoms with Gasteiger partial charge in [-0.05, 0) is 23.8 Å². The van der Waals surface area contributed by atoms with E-state index in [1.165, 1.54) is 6.26 Å². The van der Waals surface area contributed by atoms with Gasteiger partial charge in [0.05, 0.1) is 17.1 Å². The topological polar surface area (TPSA) is 86.7 Å². The molecule has 1 aromatic carbocycles. The number of fused-ring (bicyclic) bond motifs is 1. The summed E-state index contributed by atoms with van der Waals surface area (Å²) in [5.41, 5.74) is 6.70. The number of rotatable bonds is 4. The predicted octanol–water partition coefficient (Wildman–Crippen LogP) is 2.09. The van der Waals surface area contributed by atoms with Gasteiger partial charge in [-0.2, -0.15) is 0 Å². The lowest BCUT2D eigenvalue weighted by Crippen LogP contribution is -2.22. The molecule has 1 aromatic heterocycles. The van der Waals surface area contributed by atoms with Crippen LogP contribution in [0.2, 0.25) is 5.02 Å². The molecule has 7 heteroatoms. The van der Waals surface area contributed by atoms with Crippen LogP contribution >= 0.6 is 11.6 Å². The van der Waals surface area contributed by atoms with Crippen LogP contribution in [0.4, 0.5) is 0 Å². The van der Waals surface area contributed by atoms with E-state index in [2.05, 4.69) is 5.32 Å². The van der Waals surface area contributed by atoms with E-state index >= 15 is 0 Å². The van der Waals surface area contributed by atoms with Crippen molar-refractivity contribution in [1.82, 2.24) is 5.32 Å². The van der Waals surface area contributed by atoms with E-state index in [0.29, 0.717) is 47.6 Å². The van der Waals surface area contributed by atoms with Crippen molar-refractivity contribution in [2.24, 2.45) is 5.73 Å². The molecule has 116 valence electrons. The average Bonchev–Trinajstić information content (AvgIpc) is 3.02. The summed E-state index contributed by atoms with van der Waals surface area (Å²) in [6.45, 7) is 1.53. The first-order valence-corrected chi connectivity index (χ1v) is 7.19. The summed E-state index contributed by atoms with van der Waals surface area (Å²) < 4.78 is 16.1. The molecular formula is C15H15ClN2O4. The van der Waals surface area contributed by atoms with Gasteiger partial charge in [0.2, 0.25) is 0 Å². The van der Waals surface area contributed by atoms with Crippen molar-refractivity contribution in [3.63, 3.8) is 0 Å². The van der Waals surface area contributed by atoms with Crippen LogP contribution in [0.5, 0.6) is 11.5 Å². The van der Waals surface area contributed by atoms with Crippen LogP contribution in [0.3, 0.4) is 0 Å². The lowest BCUT2D eigenvalue weighted by Gasteiger charge is -2.20. The third kappa shape index (κ3) is 3.03. The van der Waals surface area contributed by atoms with Crippen LogP contribution in [0.25, 0.3) is 0 Å². The van der Waals surface area contributed by atoms with Crippen molar-refractivity contribution in [2.45, 2.75) is 13.1 Å². The molecule has 0 saturated carbocycles. The fourth-order valence-electron chi connectivity index (χ4n) is 2.16. The van der Waals surface area contributed by atoms with E-state index in [9.17, 15) is 4.79 Å². The molecule has 2 aromatic rings. The minimum Gasteiger partial charge on any atom is -0.486 e. The maximum atomic E-state index is 12.0. The Morgan fingerprint density at radius 1 is 1.27 bits per heavy atom. The van der Waals surface area contributed by atoms with E-state index in [-0.39, 0.29) is 12.5 Å². The Bertz CT molecular complexity index is 699. The number of ether oxygens (including phenoxy) is 2. The molecule has 3 N–H and O–H groups in total. The first kappa shape index (κ1) is 14.7. The van der Waals surface area contributed by atoms with Crippen molar-refractivity contribution < 1.29 is 18.7 Å². The first-order valence-electron chi connectivity index (χ1n) is 6.81. The maximum absolute atomic E-state index is 12.0. The summed E-state index contributed by atoms with van der Waals surface area (Å²) in [4.78, 5) is 12.0. The maximum Gasteiger partial charge on any atom is 0.254 e. The molecule has 2 heterocycles. The Balaban J connectivity index is 1.68. The molecule has 0 bridgehead atoms. The second kappa shape index (κ2) is 6.29. The molecule has 22 heavy (non-hydrogen) atoms. The highest BCUT2D eigenvalue weighted by atomic mass is 35.5. The summed E-state index contributed by atoms with van der Waals surface area (Å²) in [6, 6.07) is 5.17. The molecule has 0 aliphatic carbocycles. The minimum atomic E-state index is -0.241. The largest absolute Gasteiger partial charge is 0.486 e. The van der Waals surface area contributed by atoms with Gasteiger partial charge in [-0.25, -0.2) is 0 Å². The van der Waals surface area contributed by atoms with Gasteiger partial charge in [-0.1, -0.05) is 11.6 Å². The molecule has 1 aliphatic rings. The Kier molecular flexibility index (Phi) is 4.22. The number of carbonyl (C=O) groups is 1. The van der Waals surface area contributed by atoms with Gasteiger partial charge >= 0.3 is 0 Å². The molecule has 0 atom stereocenters. The van der Waals surface area contributed by atoms with Crippen molar-refractivity contribution >= 4 is 17.5 Å². The molecule has 1 aliphatic heterocycles. The van der Waals surface area contributed by atoms with Crippen LogP contribution < -0.4 is 20.5 Å². The third-order valence-corrected chi connectivity index (χ3v) is 3.51. The van der Waals surface area contributed by atoms with Crippen molar-refractivity contribution in [2.75, 3.05) is 13.2 Å². The molecule has 3 rings (SSSR count). The van der Waals surface area contributed by atoms with Gasteiger partial charge in [0, 0.05) is 6.54 Å². The van der Waals surface area contributed by atoms with Gasteiger partial charge in [0.25, 0.3) is 5.91 Å². The van der Waals surface area contributed by atoms with Gasteiger partial charge < -0.3 is 24.9 Å². The Hall–Kier alpha value is -2.18. The highest BCUT2D eigenvalue weighted by Crippen LogP contribution is 2.38. The van der Waals surface area contributed by atoms with Crippen LogP contribution in [0.15, 0.2) is 28.9 Å². The van der Waals surface area contributed by atoms with E-state index in [1.807, 2.05) is 0 Å². The first-order chi connectivity index (χ1) is 10.7. The number of hydrogen-bond donors (Lipinski definition) is 2. The normalized spacial score (nSPS) is 13.0. The van der Waals surface area contributed by atoms with Crippen LogP contribution in [0, 0.1) is 0 Å². The lowest BCUT2D eigenvalue weighted by molar-refractivity contribution is 0.0950. The van der Waals surface area contributed by atoms with Gasteiger partial charge in [0.15, 0.2) is 11.5 Å².